The summed E-state index contributed by atoms with van der Waals surface area (Å²) in [6, 6.07) is 16.7. The summed E-state index contributed by atoms with van der Waals surface area (Å²) >= 11 is 0. The van der Waals surface area contributed by atoms with Crippen LogP contribution in [0.4, 0.5) is 0 Å². The summed E-state index contributed by atoms with van der Waals surface area (Å²) in [7, 11) is 1.46. The number of hydrogen-bond donors (Lipinski definition) is 1. The molecule has 0 spiro atoms. The van der Waals surface area contributed by atoms with Gasteiger partial charge in [-0.05, 0) is 11.1 Å². The van der Waals surface area contributed by atoms with Crippen LogP contribution < -0.4 is 5.73 Å². The zero-order chi connectivity index (χ0) is 18.1. The summed E-state index contributed by atoms with van der Waals surface area (Å²) in [5.74, 6) is -0.574. The van der Waals surface area contributed by atoms with E-state index in [-0.39, 0.29) is 12.2 Å². The predicted molar refractivity (Wildman–Crippen MR) is 97.9 cm³/mol. The lowest BCUT2D eigenvalue weighted by atomic mass is 10.0. The lowest BCUT2D eigenvalue weighted by molar-refractivity contribution is -0.112. The molecular weight excluding hydrogens is 318 g/mol. The summed E-state index contributed by atoms with van der Waals surface area (Å²) in [5, 5.41) is 7.85. The second-order valence-electron chi connectivity index (χ2n) is 5.03. The largest absolute Gasteiger partial charge is 0.399 e. The van der Waals surface area contributed by atoms with Crippen molar-refractivity contribution >= 4 is 23.4 Å². The van der Waals surface area contributed by atoms with Crippen molar-refractivity contribution in [2.45, 2.75) is 6.61 Å². The zero-order valence-electron chi connectivity index (χ0n) is 13.9. The standard InChI is InChI=1S/C19H19N3O3/c1-14(19(20)23)17-11-7-6-10-16(17)13-25-21-12-18(22-24-2)15-8-4-3-5-9-15/h3-12H,1,13H2,2H3,(H2,20,23)/b21-12+,22-18-. The number of amides is 1. The van der Waals surface area contributed by atoms with Crippen molar-refractivity contribution in [1.29, 1.82) is 0 Å². The van der Waals surface area contributed by atoms with Gasteiger partial charge in [0.25, 0.3) is 0 Å². The molecule has 0 saturated heterocycles. The van der Waals surface area contributed by atoms with E-state index in [1.807, 2.05) is 42.5 Å². The highest BCUT2D eigenvalue weighted by Gasteiger charge is 2.10. The van der Waals surface area contributed by atoms with Crippen LogP contribution >= 0.6 is 0 Å². The first-order valence-electron chi connectivity index (χ1n) is 7.52. The molecule has 0 heterocycles. The van der Waals surface area contributed by atoms with Gasteiger partial charge in [-0.15, -0.1) is 0 Å². The highest BCUT2D eigenvalue weighted by atomic mass is 16.6. The molecule has 0 aliphatic carbocycles. The Morgan fingerprint density at radius 2 is 1.84 bits per heavy atom. The Morgan fingerprint density at radius 3 is 2.52 bits per heavy atom. The fourth-order valence-corrected chi connectivity index (χ4v) is 2.13. The van der Waals surface area contributed by atoms with Crippen LogP contribution in [0, 0.1) is 0 Å². The Kier molecular flexibility index (Phi) is 6.47. The molecule has 1 amide bonds. The molecule has 0 radical (unpaired) electrons. The number of rotatable bonds is 8. The fraction of sp³-hybridized carbons (Fsp3) is 0.105. The van der Waals surface area contributed by atoms with E-state index in [4.69, 9.17) is 15.4 Å². The topological polar surface area (TPSA) is 86.3 Å². The molecule has 0 aromatic heterocycles. The summed E-state index contributed by atoms with van der Waals surface area (Å²) in [6.07, 6.45) is 1.46. The van der Waals surface area contributed by atoms with E-state index in [0.29, 0.717) is 11.3 Å². The first-order valence-corrected chi connectivity index (χ1v) is 7.52. The number of nitrogens with two attached hydrogens (primary N) is 1. The lowest BCUT2D eigenvalue weighted by Crippen LogP contribution is -2.13. The van der Waals surface area contributed by atoms with Crippen molar-refractivity contribution in [3.8, 4) is 0 Å². The van der Waals surface area contributed by atoms with Crippen molar-refractivity contribution in [3.63, 3.8) is 0 Å². The molecule has 0 fully saturated rings. The van der Waals surface area contributed by atoms with Crippen LogP contribution in [-0.4, -0.2) is 24.9 Å². The normalized spacial score (nSPS) is 11.3. The van der Waals surface area contributed by atoms with Crippen molar-refractivity contribution < 1.29 is 14.5 Å². The SMILES string of the molecule is C=C(C(N)=O)c1ccccc1CO/N=C/C(=N/OC)c1ccccc1. The molecule has 6 heteroatoms. The second-order valence-corrected chi connectivity index (χ2v) is 5.03. The Balaban J connectivity index is 2.07. The van der Waals surface area contributed by atoms with E-state index in [1.165, 1.54) is 13.3 Å². The van der Waals surface area contributed by atoms with Gasteiger partial charge >= 0.3 is 0 Å². The van der Waals surface area contributed by atoms with Gasteiger partial charge in [0.15, 0.2) is 0 Å². The molecule has 0 saturated carbocycles. The van der Waals surface area contributed by atoms with Crippen LogP contribution in [-0.2, 0) is 21.1 Å². The number of benzene rings is 2. The first-order chi connectivity index (χ1) is 12.1. The molecule has 0 atom stereocenters. The van der Waals surface area contributed by atoms with Crippen molar-refractivity contribution in [1.82, 2.24) is 0 Å². The lowest BCUT2D eigenvalue weighted by Gasteiger charge is -2.08. The minimum absolute atomic E-state index is 0.161. The number of hydrogen-bond acceptors (Lipinski definition) is 5. The molecule has 0 aliphatic heterocycles. The van der Waals surface area contributed by atoms with Crippen LogP contribution in [0.5, 0.6) is 0 Å². The van der Waals surface area contributed by atoms with Gasteiger partial charge in [-0.25, -0.2) is 0 Å². The molecular formula is C19H19N3O3. The average molecular weight is 337 g/mol. The quantitative estimate of drug-likeness (QED) is 0.456. The van der Waals surface area contributed by atoms with Gasteiger partial charge in [0.2, 0.25) is 5.91 Å². The van der Waals surface area contributed by atoms with Crippen LogP contribution in [0.2, 0.25) is 0 Å². The molecule has 2 N–H and O–H groups in total. The van der Waals surface area contributed by atoms with E-state index < -0.39 is 5.91 Å². The number of carbonyl (C=O) groups is 1. The molecule has 25 heavy (non-hydrogen) atoms. The molecule has 2 aromatic carbocycles. The van der Waals surface area contributed by atoms with Gasteiger partial charge < -0.3 is 15.4 Å². The van der Waals surface area contributed by atoms with Crippen LogP contribution in [0.3, 0.4) is 0 Å². The maximum Gasteiger partial charge on any atom is 0.248 e. The summed E-state index contributed by atoms with van der Waals surface area (Å²) in [4.78, 5) is 21.5. The van der Waals surface area contributed by atoms with Gasteiger partial charge in [0.1, 0.15) is 19.4 Å². The smallest absolute Gasteiger partial charge is 0.248 e. The third-order valence-electron chi connectivity index (χ3n) is 3.37. The number of oxime groups is 2. The summed E-state index contributed by atoms with van der Waals surface area (Å²) in [5.41, 5.74) is 8.29. The van der Waals surface area contributed by atoms with Gasteiger partial charge in [0, 0.05) is 11.1 Å². The van der Waals surface area contributed by atoms with Gasteiger partial charge in [-0.2, -0.15) is 0 Å². The number of carbonyl (C=O) groups excluding carboxylic acids is 1. The second kappa shape index (κ2) is 9.02. The highest BCUT2D eigenvalue weighted by molar-refractivity contribution is 6.37. The van der Waals surface area contributed by atoms with E-state index >= 15 is 0 Å². The summed E-state index contributed by atoms with van der Waals surface area (Å²) < 4.78 is 0. The Labute approximate surface area is 146 Å². The van der Waals surface area contributed by atoms with E-state index in [1.54, 1.807) is 12.1 Å². The zero-order valence-corrected chi connectivity index (χ0v) is 13.9. The highest BCUT2D eigenvalue weighted by Crippen LogP contribution is 2.18. The molecule has 0 aliphatic rings. The van der Waals surface area contributed by atoms with Gasteiger partial charge in [-0.1, -0.05) is 71.5 Å². The molecule has 0 unspecified atom stereocenters. The Hall–Kier alpha value is -3.41. The monoisotopic (exact) mass is 337 g/mol. The third kappa shape index (κ3) is 5.04. The third-order valence-corrected chi connectivity index (χ3v) is 3.37. The van der Waals surface area contributed by atoms with Crippen molar-refractivity contribution in [3.05, 3.63) is 77.9 Å². The van der Waals surface area contributed by atoms with Crippen LogP contribution in [0.25, 0.3) is 5.57 Å². The van der Waals surface area contributed by atoms with E-state index in [9.17, 15) is 4.79 Å². The molecule has 6 nitrogen and oxygen atoms in total. The molecule has 2 aromatic rings. The Morgan fingerprint density at radius 1 is 1.16 bits per heavy atom. The minimum Gasteiger partial charge on any atom is -0.399 e. The molecule has 0 bridgehead atoms. The predicted octanol–water partition coefficient (Wildman–Crippen LogP) is 2.74. The molecule has 128 valence electrons. The van der Waals surface area contributed by atoms with Gasteiger partial charge in [-0.3, -0.25) is 4.79 Å². The maximum atomic E-state index is 11.3. The first kappa shape index (κ1) is 17.9. The van der Waals surface area contributed by atoms with Crippen molar-refractivity contribution in [2.75, 3.05) is 7.11 Å². The van der Waals surface area contributed by atoms with Crippen LogP contribution in [0.15, 0.2) is 71.5 Å². The maximum absolute atomic E-state index is 11.3. The molecule has 2 rings (SSSR count). The minimum atomic E-state index is -0.574. The van der Waals surface area contributed by atoms with E-state index in [0.717, 1.165) is 11.1 Å². The Bertz CT molecular complexity index is 799. The average Bonchev–Trinajstić information content (AvgIpc) is 2.64. The summed E-state index contributed by atoms with van der Waals surface area (Å²) in [6.45, 7) is 3.86. The van der Waals surface area contributed by atoms with Crippen LogP contribution in [0.1, 0.15) is 16.7 Å². The number of primary amides is 1. The van der Waals surface area contributed by atoms with E-state index in [2.05, 4.69) is 16.9 Å². The van der Waals surface area contributed by atoms with Crippen molar-refractivity contribution in [2.24, 2.45) is 16.0 Å². The number of nitrogens with zero attached hydrogens (tertiary/aromatic N) is 2. The fourth-order valence-electron chi connectivity index (χ4n) is 2.13. The van der Waals surface area contributed by atoms with Gasteiger partial charge in [0.05, 0.1) is 6.21 Å².